The molecular formula is C31H35ClN4O7S. The highest BCUT2D eigenvalue weighted by atomic mass is 35.5. The molecule has 13 heteroatoms. The third-order valence-electron chi connectivity index (χ3n) is 7.91. The van der Waals surface area contributed by atoms with Crippen LogP contribution in [0.4, 0.5) is 5.95 Å². The van der Waals surface area contributed by atoms with Gasteiger partial charge in [-0.25, -0.2) is 4.98 Å². The number of fused-ring (bicyclic) bond motifs is 1. The number of hydrogen-bond acceptors (Lipinski definition) is 9. The van der Waals surface area contributed by atoms with Crippen LogP contribution in [0.15, 0.2) is 70.5 Å². The van der Waals surface area contributed by atoms with Crippen LogP contribution in [0.3, 0.4) is 0 Å². The normalized spacial score (nSPS) is 23.6. The maximum absolute atomic E-state index is 12.7. The number of rotatable bonds is 5. The van der Waals surface area contributed by atoms with E-state index in [1.165, 1.54) is 12.1 Å². The maximum Gasteiger partial charge on any atom is 0.294 e. The first-order valence-electron chi connectivity index (χ1n) is 14.2. The number of H-pyrrole nitrogens is 1. The first-order valence-corrected chi connectivity index (χ1v) is 16.0. The molecule has 4 N–H and O–H groups in total. The number of halogens is 1. The highest BCUT2D eigenvalue weighted by Crippen LogP contribution is 2.39. The lowest BCUT2D eigenvalue weighted by molar-refractivity contribution is -0.316. The van der Waals surface area contributed by atoms with Gasteiger partial charge in [0.05, 0.1) is 24.7 Å². The van der Waals surface area contributed by atoms with Crippen molar-refractivity contribution in [3.8, 4) is 11.1 Å². The number of aliphatic hydroxyl groups is 1. The Labute approximate surface area is 260 Å². The van der Waals surface area contributed by atoms with E-state index in [0.717, 1.165) is 36.6 Å². The Hall–Kier alpha value is -3.39. The quantitative estimate of drug-likeness (QED) is 0.218. The summed E-state index contributed by atoms with van der Waals surface area (Å²) in [7, 11) is -4.02. The minimum Gasteiger partial charge on any atom is -0.396 e. The number of anilines is 1. The van der Waals surface area contributed by atoms with Crippen LogP contribution in [0.25, 0.3) is 22.2 Å². The van der Waals surface area contributed by atoms with Gasteiger partial charge >= 0.3 is 0 Å². The average molecular weight is 643 g/mol. The van der Waals surface area contributed by atoms with Gasteiger partial charge in [-0.3, -0.25) is 9.35 Å². The molecule has 2 aromatic heterocycles. The fraction of sp³-hybridized carbons (Fsp3) is 0.387. The lowest BCUT2D eigenvalue weighted by atomic mass is 9.86. The van der Waals surface area contributed by atoms with Gasteiger partial charge in [0.1, 0.15) is 5.65 Å². The number of aliphatic hydroxyl groups excluding tert-OH is 1. The molecule has 0 bridgehead atoms. The van der Waals surface area contributed by atoms with E-state index in [-0.39, 0.29) is 28.5 Å². The second kappa shape index (κ2) is 12.9. The van der Waals surface area contributed by atoms with Crippen LogP contribution in [0.1, 0.15) is 38.2 Å². The molecule has 1 saturated heterocycles. The molecule has 11 nitrogen and oxygen atoms in total. The molecule has 0 amide bonds. The van der Waals surface area contributed by atoms with E-state index < -0.39 is 15.9 Å². The Kier molecular flexibility index (Phi) is 9.40. The zero-order valence-corrected chi connectivity index (χ0v) is 26.0. The summed E-state index contributed by atoms with van der Waals surface area (Å²) in [6.07, 6.45) is 4.92. The third kappa shape index (κ3) is 7.45. The van der Waals surface area contributed by atoms with Crippen LogP contribution in [0.5, 0.6) is 0 Å². The van der Waals surface area contributed by atoms with Crippen LogP contribution >= 0.6 is 11.6 Å². The molecule has 1 aliphatic heterocycles. The number of benzene rings is 2. The second-order valence-corrected chi connectivity index (χ2v) is 13.5. The van der Waals surface area contributed by atoms with Crippen LogP contribution in [0.2, 0.25) is 5.02 Å². The molecule has 2 fully saturated rings. The molecule has 6 rings (SSSR count). The minimum atomic E-state index is -4.02. The number of nitrogens with zero attached hydrogens (tertiary/aromatic N) is 2. The van der Waals surface area contributed by atoms with Gasteiger partial charge in [-0.2, -0.15) is 13.4 Å². The van der Waals surface area contributed by atoms with Gasteiger partial charge in [0.2, 0.25) is 5.95 Å². The monoisotopic (exact) mass is 642 g/mol. The smallest absolute Gasteiger partial charge is 0.294 e. The van der Waals surface area contributed by atoms with Crippen molar-refractivity contribution in [1.82, 2.24) is 15.0 Å². The summed E-state index contributed by atoms with van der Waals surface area (Å²) in [5.41, 5.74) is 2.01. The molecule has 234 valence electrons. The van der Waals surface area contributed by atoms with Crippen LogP contribution in [-0.2, 0) is 19.6 Å². The first-order chi connectivity index (χ1) is 20.9. The Bertz CT molecular complexity index is 1780. The summed E-state index contributed by atoms with van der Waals surface area (Å²) in [6.45, 7) is 4.85. The maximum atomic E-state index is 12.7. The minimum absolute atomic E-state index is 0.0501. The van der Waals surface area contributed by atoms with E-state index in [1.54, 1.807) is 30.5 Å². The van der Waals surface area contributed by atoms with Gasteiger partial charge in [-0.05, 0) is 44.0 Å². The summed E-state index contributed by atoms with van der Waals surface area (Å²) in [5, 5.41) is 14.1. The SMILES string of the molecule is CC1(CO)COC2(CCC(Nc3ncc4cc(-c5ccccc5Cl)c(=O)[nH]c4n3)CC2)OC1.Cc1ccc(S(=O)(=O)O)cc1. The van der Waals surface area contributed by atoms with Crippen molar-refractivity contribution in [3.05, 3.63) is 81.7 Å². The molecule has 0 radical (unpaired) electrons. The lowest BCUT2D eigenvalue weighted by Gasteiger charge is -2.47. The predicted octanol–water partition coefficient (Wildman–Crippen LogP) is 4.98. The molecule has 1 saturated carbocycles. The summed E-state index contributed by atoms with van der Waals surface area (Å²) in [5.74, 6) is -0.0831. The fourth-order valence-corrected chi connectivity index (χ4v) is 5.83. The first kappa shape index (κ1) is 32.0. The van der Waals surface area contributed by atoms with Crippen molar-refractivity contribution in [3.63, 3.8) is 0 Å². The number of aromatic amines is 1. The molecule has 2 aliphatic rings. The Balaban J connectivity index is 0.000000296. The van der Waals surface area contributed by atoms with Crippen molar-refractivity contribution in [2.24, 2.45) is 5.41 Å². The van der Waals surface area contributed by atoms with Crippen LogP contribution in [-0.4, -0.2) is 64.7 Å². The highest BCUT2D eigenvalue weighted by Gasteiger charge is 2.44. The van der Waals surface area contributed by atoms with Crippen molar-refractivity contribution in [2.45, 2.75) is 56.3 Å². The van der Waals surface area contributed by atoms with Gasteiger partial charge in [0, 0.05) is 52.0 Å². The molecule has 4 aromatic rings. The van der Waals surface area contributed by atoms with Crippen molar-refractivity contribution < 1.29 is 27.6 Å². The van der Waals surface area contributed by atoms with E-state index in [0.29, 0.717) is 41.0 Å². The van der Waals surface area contributed by atoms with E-state index in [1.807, 2.05) is 32.0 Å². The molecule has 2 aromatic carbocycles. The van der Waals surface area contributed by atoms with Crippen molar-refractivity contribution in [2.75, 3.05) is 25.1 Å². The zero-order chi connectivity index (χ0) is 31.5. The molecule has 44 heavy (non-hydrogen) atoms. The standard InChI is InChI=1S/C24H27ClN4O4.C7H8O3S/c1-23(12-30)13-32-24(33-14-23)8-6-16(7-9-24)27-22-26-11-15-10-18(21(31)28-20(15)29-22)17-4-2-3-5-19(17)25;1-6-2-4-7(5-3-6)11(8,9)10/h2-5,10-11,16,30H,6-9,12-14H2,1H3,(H2,26,27,28,29,31);2-5H,1H3,(H,8,9,10). The number of aromatic nitrogens is 3. The molecule has 0 unspecified atom stereocenters. The van der Waals surface area contributed by atoms with Crippen molar-refractivity contribution in [1.29, 1.82) is 0 Å². The summed E-state index contributed by atoms with van der Waals surface area (Å²) in [4.78, 5) is 24.5. The highest BCUT2D eigenvalue weighted by molar-refractivity contribution is 7.85. The molecule has 3 heterocycles. The summed E-state index contributed by atoms with van der Waals surface area (Å²) >= 11 is 6.27. The lowest BCUT2D eigenvalue weighted by Crippen LogP contribution is -2.52. The molecule has 0 atom stereocenters. The number of ether oxygens (including phenoxy) is 2. The largest absolute Gasteiger partial charge is 0.396 e. The van der Waals surface area contributed by atoms with Crippen molar-refractivity contribution >= 4 is 38.7 Å². The van der Waals surface area contributed by atoms with E-state index >= 15 is 0 Å². The van der Waals surface area contributed by atoms with E-state index in [9.17, 15) is 18.3 Å². The van der Waals surface area contributed by atoms with Gasteiger partial charge in [0.15, 0.2) is 5.79 Å². The van der Waals surface area contributed by atoms with E-state index in [4.69, 9.17) is 25.6 Å². The summed E-state index contributed by atoms with van der Waals surface area (Å²) < 4.78 is 41.6. The Morgan fingerprint density at radius 2 is 1.73 bits per heavy atom. The van der Waals surface area contributed by atoms with E-state index in [2.05, 4.69) is 20.3 Å². The third-order valence-corrected chi connectivity index (χ3v) is 9.10. The number of hydrogen-bond donors (Lipinski definition) is 4. The zero-order valence-electron chi connectivity index (χ0n) is 24.4. The van der Waals surface area contributed by atoms with Gasteiger partial charge in [-0.15, -0.1) is 0 Å². The van der Waals surface area contributed by atoms with Gasteiger partial charge in [-0.1, -0.05) is 54.4 Å². The van der Waals surface area contributed by atoms with Gasteiger partial charge < -0.3 is 24.9 Å². The molecular weight excluding hydrogens is 608 g/mol. The number of nitrogens with one attached hydrogen (secondary N) is 2. The molecule has 1 spiro atoms. The molecule has 1 aliphatic carbocycles. The second-order valence-electron chi connectivity index (χ2n) is 11.7. The van der Waals surface area contributed by atoms with Crippen LogP contribution in [0, 0.1) is 12.3 Å². The van der Waals surface area contributed by atoms with Crippen LogP contribution < -0.4 is 10.9 Å². The average Bonchev–Trinajstić information content (AvgIpc) is 3.00. The number of aryl methyl sites for hydroxylation is 1. The Morgan fingerprint density at radius 3 is 2.34 bits per heavy atom. The topological polar surface area (TPSA) is 164 Å². The fourth-order valence-electron chi connectivity index (χ4n) is 5.11. The van der Waals surface area contributed by atoms with Gasteiger partial charge in [0.25, 0.3) is 15.7 Å². The number of pyridine rings is 1. The predicted molar refractivity (Wildman–Crippen MR) is 167 cm³/mol. The summed E-state index contributed by atoms with van der Waals surface area (Å²) in [6, 6.07) is 15.2. The Morgan fingerprint density at radius 1 is 1.07 bits per heavy atom.